The first-order valence-corrected chi connectivity index (χ1v) is 5.18. The zero-order valence-electron chi connectivity index (χ0n) is 8.53. The second-order valence-electron chi connectivity index (χ2n) is 4.14. The van der Waals surface area contributed by atoms with Gasteiger partial charge in [0.15, 0.2) is 5.78 Å². The third kappa shape index (κ3) is 1.18. The van der Waals surface area contributed by atoms with Gasteiger partial charge in [-0.15, -0.1) is 0 Å². The summed E-state index contributed by atoms with van der Waals surface area (Å²) in [6.45, 7) is 1.98. The lowest BCUT2D eigenvalue weighted by molar-refractivity contribution is -0.117. The molecule has 1 heterocycles. The van der Waals surface area contributed by atoms with Crippen LogP contribution in [-0.2, 0) is 4.79 Å². The molecular weight excluding hydrogens is 186 g/mol. The molecule has 0 aromatic heterocycles. The Labute approximate surface area is 87.7 Å². The van der Waals surface area contributed by atoms with Gasteiger partial charge in [0.1, 0.15) is 0 Å². The number of fused-ring (bicyclic) bond motifs is 2. The summed E-state index contributed by atoms with van der Waals surface area (Å²) in [5.74, 6) is 0.301. The van der Waals surface area contributed by atoms with Crippen LogP contribution in [0.15, 0.2) is 41.0 Å². The maximum atomic E-state index is 11.5. The Morgan fingerprint density at radius 2 is 2.13 bits per heavy atom. The highest BCUT2D eigenvalue weighted by atomic mass is 16.1. The average molecular weight is 197 g/mol. The second kappa shape index (κ2) is 2.89. The van der Waals surface area contributed by atoms with Crippen LogP contribution in [0.2, 0.25) is 0 Å². The summed E-state index contributed by atoms with van der Waals surface area (Å²) in [5, 5.41) is 2.20. The number of hydrogen-bond acceptors (Lipinski definition) is 2. The van der Waals surface area contributed by atoms with Crippen LogP contribution in [-0.4, -0.2) is 5.78 Å². The van der Waals surface area contributed by atoms with E-state index in [1.165, 1.54) is 10.8 Å². The van der Waals surface area contributed by atoms with E-state index in [4.69, 9.17) is 0 Å². The molecule has 0 spiro atoms. The Hall–Kier alpha value is -1.70. The zero-order chi connectivity index (χ0) is 10.4. The van der Waals surface area contributed by atoms with E-state index in [1.807, 2.05) is 25.1 Å². The highest BCUT2D eigenvalue weighted by molar-refractivity contribution is 5.98. The van der Waals surface area contributed by atoms with Gasteiger partial charge in [0.2, 0.25) is 0 Å². The molecule has 2 heteroatoms. The summed E-state index contributed by atoms with van der Waals surface area (Å²) >= 11 is 0. The van der Waals surface area contributed by atoms with Crippen LogP contribution in [0.4, 0.5) is 0 Å². The maximum absolute atomic E-state index is 11.5. The summed E-state index contributed by atoms with van der Waals surface area (Å²) in [7, 11) is 0. The van der Waals surface area contributed by atoms with E-state index in [-0.39, 0.29) is 11.7 Å². The molecule has 1 atom stereocenters. The predicted molar refractivity (Wildman–Crippen MR) is 57.5 cm³/mol. The first kappa shape index (κ1) is 8.60. The van der Waals surface area contributed by atoms with Gasteiger partial charge in [-0.05, 0) is 18.1 Å². The molecule has 1 aromatic rings. The van der Waals surface area contributed by atoms with Crippen LogP contribution in [0.25, 0.3) is 5.57 Å². The van der Waals surface area contributed by atoms with Crippen molar-refractivity contribution in [3.05, 3.63) is 46.6 Å². The number of carbonyl (C=O) groups is 1. The minimum atomic E-state index is 0.102. The van der Waals surface area contributed by atoms with Crippen molar-refractivity contribution in [3.63, 3.8) is 0 Å². The summed E-state index contributed by atoms with van der Waals surface area (Å²) in [4.78, 5) is 16.0. The van der Waals surface area contributed by atoms with E-state index in [0.29, 0.717) is 0 Å². The van der Waals surface area contributed by atoms with Gasteiger partial charge in [-0.25, -0.2) is 4.99 Å². The fraction of sp³-hybridized carbons (Fsp3) is 0.231. The highest BCUT2D eigenvalue weighted by Gasteiger charge is 2.24. The van der Waals surface area contributed by atoms with Crippen LogP contribution < -0.4 is 10.6 Å². The van der Waals surface area contributed by atoms with E-state index in [1.54, 1.807) is 6.08 Å². The van der Waals surface area contributed by atoms with Crippen LogP contribution in [0.5, 0.6) is 0 Å². The zero-order valence-corrected chi connectivity index (χ0v) is 8.53. The van der Waals surface area contributed by atoms with Gasteiger partial charge in [0, 0.05) is 17.2 Å². The molecule has 3 rings (SSSR count). The largest absolute Gasteiger partial charge is 0.294 e. The van der Waals surface area contributed by atoms with Crippen molar-refractivity contribution in [2.45, 2.75) is 13.3 Å². The maximum Gasteiger partial charge on any atom is 0.160 e. The van der Waals surface area contributed by atoms with Crippen molar-refractivity contribution in [1.82, 2.24) is 0 Å². The van der Waals surface area contributed by atoms with E-state index in [9.17, 15) is 4.79 Å². The molecule has 1 unspecified atom stereocenters. The molecule has 1 aliphatic heterocycles. The molecule has 15 heavy (non-hydrogen) atoms. The number of allylic oxidation sites excluding steroid dienone is 2. The standard InChI is InChI=1S/C13H11NO/c1-8-6-10-9-4-2-3-5-11(9)14-12(10)7-13(8)15/h2-5,7-8H,6H2,1H3. The lowest BCUT2D eigenvalue weighted by Crippen LogP contribution is -2.24. The number of rotatable bonds is 0. The third-order valence-electron chi connectivity index (χ3n) is 3.05. The van der Waals surface area contributed by atoms with Crippen LogP contribution in [0.3, 0.4) is 0 Å². The quantitative estimate of drug-likeness (QED) is 0.609. The highest BCUT2D eigenvalue weighted by Crippen LogP contribution is 2.28. The molecule has 2 nitrogen and oxygen atoms in total. The molecular formula is C13H11NO. The number of nitrogens with zero attached hydrogens (tertiary/aromatic N) is 1. The summed E-state index contributed by atoms with van der Waals surface area (Å²) in [6, 6.07) is 8.07. The molecule has 2 aliphatic rings. The summed E-state index contributed by atoms with van der Waals surface area (Å²) < 4.78 is 0. The third-order valence-corrected chi connectivity index (χ3v) is 3.05. The van der Waals surface area contributed by atoms with Gasteiger partial charge in [-0.1, -0.05) is 25.1 Å². The fourth-order valence-corrected chi connectivity index (χ4v) is 2.18. The van der Waals surface area contributed by atoms with E-state index < -0.39 is 0 Å². The van der Waals surface area contributed by atoms with Crippen molar-refractivity contribution < 1.29 is 4.79 Å². The number of benzene rings is 1. The second-order valence-corrected chi connectivity index (χ2v) is 4.14. The molecule has 0 saturated heterocycles. The van der Waals surface area contributed by atoms with Crippen LogP contribution in [0, 0.1) is 5.92 Å². The smallest absolute Gasteiger partial charge is 0.160 e. The van der Waals surface area contributed by atoms with Gasteiger partial charge in [0.05, 0.1) is 11.1 Å². The normalized spacial score (nSPS) is 23.0. The average Bonchev–Trinajstić information content (AvgIpc) is 2.57. The minimum Gasteiger partial charge on any atom is -0.294 e. The first-order chi connectivity index (χ1) is 7.25. The van der Waals surface area contributed by atoms with E-state index >= 15 is 0 Å². The van der Waals surface area contributed by atoms with Crippen molar-refractivity contribution in [3.8, 4) is 0 Å². The molecule has 0 radical (unpaired) electrons. The number of ketones is 1. The SMILES string of the molecule is CC1CC2=c3ccccc3=NC2=CC1=O. The Balaban J connectivity index is 2.35. The summed E-state index contributed by atoms with van der Waals surface area (Å²) in [5.41, 5.74) is 2.11. The lowest BCUT2D eigenvalue weighted by atomic mass is 9.89. The van der Waals surface area contributed by atoms with Gasteiger partial charge >= 0.3 is 0 Å². The molecule has 0 N–H and O–H groups in total. The number of carbonyl (C=O) groups excluding carboxylic acids is 1. The molecule has 1 aromatic carbocycles. The number of para-hydroxylation sites is 1. The van der Waals surface area contributed by atoms with Gasteiger partial charge in [0.25, 0.3) is 0 Å². The molecule has 0 bridgehead atoms. The Morgan fingerprint density at radius 3 is 3.00 bits per heavy atom. The topological polar surface area (TPSA) is 29.4 Å². The molecule has 0 fully saturated rings. The number of hydrogen-bond donors (Lipinski definition) is 0. The fourth-order valence-electron chi connectivity index (χ4n) is 2.18. The van der Waals surface area contributed by atoms with Crippen molar-refractivity contribution in [2.24, 2.45) is 10.9 Å². The van der Waals surface area contributed by atoms with Gasteiger partial charge in [-0.3, -0.25) is 4.79 Å². The van der Waals surface area contributed by atoms with Crippen molar-refractivity contribution in [2.75, 3.05) is 0 Å². The lowest BCUT2D eigenvalue weighted by Gasteiger charge is -2.15. The summed E-state index contributed by atoms with van der Waals surface area (Å²) in [6.07, 6.45) is 2.51. The van der Waals surface area contributed by atoms with E-state index in [0.717, 1.165) is 17.5 Å². The monoisotopic (exact) mass is 197 g/mol. The predicted octanol–water partition coefficient (Wildman–Crippen LogP) is 0.963. The Morgan fingerprint density at radius 1 is 1.33 bits per heavy atom. The van der Waals surface area contributed by atoms with Gasteiger partial charge < -0.3 is 0 Å². The van der Waals surface area contributed by atoms with Crippen molar-refractivity contribution in [1.29, 1.82) is 0 Å². The molecule has 74 valence electrons. The Kier molecular flexibility index (Phi) is 1.66. The van der Waals surface area contributed by atoms with Crippen LogP contribution >= 0.6 is 0 Å². The van der Waals surface area contributed by atoms with Gasteiger partial charge in [-0.2, -0.15) is 0 Å². The van der Waals surface area contributed by atoms with Crippen molar-refractivity contribution >= 4 is 11.4 Å². The minimum absolute atomic E-state index is 0.102. The molecule has 0 saturated carbocycles. The van der Waals surface area contributed by atoms with E-state index in [2.05, 4.69) is 11.1 Å². The first-order valence-electron chi connectivity index (χ1n) is 5.18. The Bertz CT molecular complexity index is 595. The molecule has 0 amide bonds. The van der Waals surface area contributed by atoms with Crippen LogP contribution in [0.1, 0.15) is 13.3 Å². The molecule has 1 aliphatic carbocycles.